The Bertz CT molecular complexity index is 1680. The average Bonchev–Trinajstić information content (AvgIpc) is 3.61. The van der Waals surface area contributed by atoms with Gasteiger partial charge in [0.2, 0.25) is 0 Å². The number of rotatable bonds is 64. The molecule has 3 N–H and O–H groups in total. The lowest BCUT2D eigenvalue weighted by Gasteiger charge is -2.21. The van der Waals surface area contributed by atoms with E-state index in [2.05, 4.69) is 48.5 Å². The van der Waals surface area contributed by atoms with Crippen LogP contribution in [0.15, 0.2) is 0 Å². The van der Waals surface area contributed by atoms with Crippen LogP contribution in [0.25, 0.3) is 0 Å². The number of hydrogen-bond acceptors (Lipinski definition) is 15. The van der Waals surface area contributed by atoms with Gasteiger partial charge in [0.15, 0.2) is 12.2 Å². The second-order valence-electron chi connectivity index (χ2n) is 25.1. The van der Waals surface area contributed by atoms with Crippen LogP contribution in [0.4, 0.5) is 0 Å². The molecule has 17 nitrogen and oxygen atoms in total. The Hall–Kier alpha value is -1.94. The van der Waals surface area contributed by atoms with E-state index in [-0.39, 0.29) is 25.7 Å². The van der Waals surface area contributed by atoms with Gasteiger partial charge in [-0.05, 0) is 43.4 Å². The summed E-state index contributed by atoms with van der Waals surface area (Å²) in [4.78, 5) is 72.3. The minimum absolute atomic E-state index is 0.104. The Kier molecular flexibility index (Phi) is 55.9. The van der Waals surface area contributed by atoms with Gasteiger partial charge in [-0.2, -0.15) is 0 Å². The highest BCUT2D eigenvalue weighted by Crippen LogP contribution is 2.45. The molecule has 0 aromatic carbocycles. The van der Waals surface area contributed by atoms with Crippen molar-refractivity contribution in [3.8, 4) is 0 Å². The third-order valence-electron chi connectivity index (χ3n) is 15.5. The first-order valence-electron chi connectivity index (χ1n) is 34.4. The topological polar surface area (TPSA) is 237 Å². The van der Waals surface area contributed by atoms with Crippen molar-refractivity contribution in [2.45, 2.75) is 343 Å². The van der Waals surface area contributed by atoms with Crippen LogP contribution in [0.1, 0.15) is 325 Å². The van der Waals surface area contributed by atoms with Crippen LogP contribution in [0.5, 0.6) is 0 Å². The molecular weight excluding hydrogens is 1130 g/mol. The fourth-order valence-corrected chi connectivity index (χ4v) is 11.4. The second kappa shape index (κ2) is 57.2. The standard InChI is InChI=1S/C66H128O17P2/c1-8-10-11-12-13-16-26-33-40-47-63(68)76-53-62(83-66(71)50-43-36-29-21-19-24-31-38-45-58(5)6)56-81-85(74,75)79-52-60(67)51-78-84(72,73)80-55-61(54-77-64(69)48-41-34-27-22-20-25-32-39-46-59(7)9-2)82-65(70)49-42-35-28-18-15-14-17-23-30-37-44-57(3)4/h57-62,67H,8-56H2,1-7H3,(H,72,73)(H,74,75)/t59?,60-,61-,62-/m1/s1. The molecule has 0 saturated heterocycles. The van der Waals surface area contributed by atoms with Crippen LogP contribution >= 0.6 is 15.6 Å². The van der Waals surface area contributed by atoms with Crippen molar-refractivity contribution in [1.29, 1.82) is 0 Å². The van der Waals surface area contributed by atoms with E-state index in [9.17, 15) is 43.2 Å². The molecule has 0 aromatic rings. The number of phosphoric ester groups is 2. The van der Waals surface area contributed by atoms with Gasteiger partial charge in [-0.1, -0.05) is 273 Å². The number of phosphoric acid groups is 2. The van der Waals surface area contributed by atoms with Crippen molar-refractivity contribution in [1.82, 2.24) is 0 Å². The van der Waals surface area contributed by atoms with E-state index in [1.54, 1.807) is 0 Å². The minimum Gasteiger partial charge on any atom is -0.462 e. The lowest BCUT2D eigenvalue weighted by atomic mass is 9.99. The molecule has 0 spiro atoms. The van der Waals surface area contributed by atoms with E-state index in [0.717, 1.165) is 108 Å². The van der Waals surface area contributed by atoms with Gasteiger partial charge < -0.3 is 33.8 Å². The molecule has 0 amide bonds. The maximum Gasteiger partial charge on any atom is 0.472 e. The fraction of sp³-hybridized carbons (Fsp3) is 0.939. The summed E-state index contributed by atoms with van der Waals surface area (Å²) < 4.78 is 68.1. The van der Waals surface area contributed by atoms with Crippen molar-refractivity contribution in [3.05, 3.63) is 0 Å². The van der Waals surface area contributed by atoms with Gasteiger partial charge in [0.25, 0.3) is 0 Å². The molecule has 19 heteroatoms. The van der Waals surface area contributed by atoms with Crippen molar-refractivity contribution in [2.75, 3.05) is 39.6 Å². The highest BCUT2D eigenvalue weighted by atomic mass is 31.2. The molecule has 0 rings (SSSR count). The molecule has 0 fully saturated rings. The molecule has 504 valence electrons. The molecule has 0 aliphatic rings. The SMILES string of the molecule is CCCCCCCCCCCC(=O)OC[C@H](COP(=O)(O)OC[C@H](O)COP(=O)(O)OC[C@@H](COC(=O)CCCCCCCCCCC(C)CC)OC(=O)CCCCCCCCCCCCC(C)C)OC(=O)CCCCCCCCCCC(C)C. The predicted molar refractivity (Wildman–Crippen MR) is 340 cm³/mol. The number of aliphatic hydroxyl groups is 1. The average molecular weight is 1260 g/mol. The van der Waals surface area contributed by atoms with Crippen LogP contribution in [0, 0.1) is 17.8 Å². The highest BCUT2D eigenvalue weighted by Gasteiger charge is 2.30. The fourth-order valence-electron chi connectivity index (χ4n) is 9.80. The van der Waals surface area contributed by atoms with Gasteiger partial charge in [0, 0.05) is 25.7 Å². The molecule has 3 unspecified atom stereocenters. The first-order valence-corrected chi connectivity index (χ1v) is 37.4. The Morgan fingerprint density at radius 1 is 0.341 bits per heavy atom. The van der Waals surface area contributed by atoms with Crippen molar-refractivity contribution >= 4 is 39.5 Å². The van der Waals surface area contributed by atoms with Crippen LogP contribution in [0.3, 0.4) is 0 Å². The number of hydrogen-bond donors (Lipinski definition) is 3. The van der Waals surface area contributed by atoms with E-state index in [1.165, 1.54) is 135 Å². The quantitative estimate of drug-likeness (QED) is 0.0222. The highest BCUT2D eigenvalue weighted by molar-refractivity contribution is 7.47. The summed E-state index contributed by atoms with van der Waals surface area (Å²) in [6.45, 7) is 11.7. The summed E-state index contributed by atoms with van der Waals surface area (Å²) in [5.74, 6) is 0.113. The van der Waals surface area contributed by atoms with E-state index < -0.39 is 97.5 Å². The third-order valence-corrected chi connectivity index (χ3v) is 17.4. The van der Waals surface area contributed by atoms with Crippen LogP contribution in [-0.2, 0) is 65.4 Å². The van der Waals surface area contributed by atoms with Crippen molar-refractivity contribution in [2.24, 2.45) is 17.8 Å². The van der Waals surface area contributed by atoms with Gasteiger partial charge in [0.05, 0.1) is 26.4 Å². The Morgan fingerprint density at radius 3 is 0.894 bits per heavy atom. The molecule has 0 heterocycles. The number of carbonyl (C=O) groups excluding carboxylic acids is 4. The summed E-state index contributed by atoms with van der Waals surface area (Å²) in [6, 6.07) is 0. The van der Waals surface area contributed by atoms with E-state index in [0.29, 0.717) is 25.7 Å². The first-order chi connectivity index (χ1) is 40.8. The summed E-state index contributed by atoms with van der Waals surface area (Å²) in [6.07, 6.45) is 38.9. The number of ether oxygens (including phenoxy) is 4. The molecule has 0 saturated carbocycles. The van der Waals surface area contributed by atoms with Crippen LogP contribution in [-0.4, -0.2) is 96.7 Å². The zero-order chi connectivity index (χ0) is 63.1. The summed E-state index contributed by atoms with van der Waals surface area (Å²) in [5.41, 5.74) is 0. The monoisotopic (exact) mass is 1250 g/mol. The summed E-state index contributed by atoms with van der Waals surface area (Å²) in [7, 11) is -9.89. The molecule has 0 bridgehead atoms. The van der Waals surface area contributed by atoms with E-state index in [1.807, 2.05) is 0 Å². The van der Waals surface area contributed by atoms with Crippen LogP contribution in [0.2, 0.25) is 0 Å². The lowest BCUT2D eigenvalue weighted by Crippen LogP contribution is -2.30. The molecular formula is C66H128O17P2. The van der Waals surface area contributed by atoms with Gasteiger partial charge in [0.1, 0.15) is 19.3 Å². The van der Waals surface area contributed by atoms with E-state index in [4.69, 9.17) is 37.0 Å². The van der Waals surface area contributed by atoms with Crippen LogP contribution < -0.4 is 0 Å². The molecule has 0 aliphatic carbocycles. The van der Waals surface area contributed by atoms with Gasteiger partial charge in [-0.3, -0.25) is 37.3 Å². The zero-order valence-electron chi connectivity index (χ0n) is 55.1. The second-order valence-corrected chi connectivity index (χ2v) is 28.0. The van der Waals surface area contributed by atoms with Crippen molar-refractivity contribution in [3.63, 3.8) is 0 Å². The number of carbonyl (C=O) groups is 4. The van der Waals surface area contributed by atoms with Gasteiger partial charge >= 0.3 is 39.5 Å². The Morgan fingerprint density at radius 2 is 0.600 bits per heavy atom. The number of esters is 4. The minimum atomic E-state index is -4.95. The smallest absolute Gasteiger partial charge is 0.462 e. The predicted octanol–water partition coefficient (Wildman–Crippen LogP) is 18.3. The summed E-state index contributed by atoms with van der Waals surface area (Å²) >= 11 is 0. The Balaban J connectivity index is 5.26. The van der Waals surface area contributed by atoms with Gasteiger partial charge in [-0.15, -0.1) is 0 Å². The molecule has 0 aromatic heterocycles. The molecule has 85 heavy (non-hydrogen) atoms. The van der Waals surface area contributed by atoms with Gasteiger partial charge in [-0.25, -0.2) is 9.13 Å². The third kappa shape index (κ3) is 59.5. The number of aliphatic hydroxyl groups excluding tert-OH is 1. The van der Waals surface area contributed by atoms with E-state index >= 15 is 0 Å². The summed E-state index contributed by atoms with van der Waals surface area (Å²) in [5, 5.41) is 10.5. The maximum atomic E-state index is 13.0. The Labute approximate surface area is 517 Å². The normalized spacial score (nSPS) is 14.6. The molecule has 0 aliphatic heterocycles. The van der Waals surface area contributed by atoms with Crippen molar-refractivity contribution < 1.29 is 80.2 Å². The lowest BCUT2D eigenvalue weighted by molar-refractivity contribution is -0.161. The molecule has 6 atom stereocenters. The zero-order valence-corrected chi connectivity index (χ0v) is 56.9. The maximum absolute atomic E-state index is 13.0. The molecule has 0 radical (unpaired) electrons. The number of unbranched alkanes of at least 4 members (excludes halogenated alkanes) is 31. The first kappa shape index (κ1) is 83.1. The largest absolute Gasteiger partial charge is 0.472 e.